The maximum absolute atomic E-state index is 5.92. The van der Waals surface area contributed by atoms with Crippen molar-refractivity contribution in [2.45, 2.75) is 52.0 Å². The molecule has 1 aromatic carbocycles. The van der Waals surface area contributed by atoms with E-state index >= 15 is 0 Å². The molecule has 0 aliphatic rings. The van der Waals surface area contributed by atoms with E-state index in [1.165, 1.54) is 5.56 Å². The van der Waals surface area contributed by atoms with Gasteiger partial charge in [0.1, 0.15) is 5.75 Å². The summed E-state index contributed by atoms with van der Waals surface area (Å²) in [6.07, 6.45) is 2.29. The van der Waals surface area contributed by atoms with Crippen molar-refractivity contribution >= 4 is 41.7 Å². The van der Waals surface area contributed by atoms with E-state index in [9.17, 15) is 0 Å². The summed E-state index contributed by atoms with van der Waals surface area (Å²) in [7, 11) is 1.79. The van der Waals surface area contributed by atoms with E-state index in [-0.39, 0.29) is 34.8 Å². The molecule has 0 heterocycles. The number of nitrogens with zero attached hydrogens (tertiary/aromatic N) is 1. The van der Waals surface area contributed by atoms with Gasteiger partial charge in [0.15, 0.2) is 5.96 Å². The molecule has 0 unspecified atom stereocenters. The zero-order chi connectivity index (χ0) is 17.5. The van der Waals surface area contributed by atoms with Crippen LogP contribution in [0, 0.1) is 6.92 Å². The summed E-state index contributed by atoms with van der Waals surface area (Å²) >= 11 is 1.84. The van der Waals surface area contributed by atoms with Crippen molar-refractivity contribution < 1.29 is 4.74 Å². The fourth-order valence-corrected chi connectivity index (χ4v) is 2.16. The minimum Gasteiger partial charge on any atom is -0.491 e. The Balaban J connectivity index is 0.00000529. The van der Waals surface area contributed by atoms with Crippen LogP contribution in [0.25, 0.3) is 0 Å². The van der Waals surface area contributed by atoms with Gasteiger partial charge >= 0.3 is 0 Å². The van der Waals surface area contributed by atoms with E-state index in [1.807, 2.05) is 25.6 Å². The van der Waals surface area contributed by atoms with Crippen LogP contribution in [0.2, 0.25) is 0 Å². The molecule has 2 N–H and O–H groups in total. The second-order valence-electron chi connectivity index (χ2n) is 6.52. The third-order valence-electron chi connectivity index (χ3n) is 3.49. The summed E-state index contributed by atoms with van der Waals surface area (Å²) in [5, 5.41) is 6.74. The topological polar surface area (TPSA) is 45.7 Å². The third kappa shape index (κ3) is 8.46. The van der Waals surface area contributed by atoms with Gasteiger partial charge in [-0.25, -0.2) is 0 Å². The number of guanidine groups is 1. The first-order valence-electron chi connectivity index (χ1n) is 8.03. The molecule has 1 aromatic rings. The lowest BCUT2D eigenvalue weighted by atomic mass is 10.1. The van der Waals surface area contributed by atoms with Crippen molar-refractivity contribution in [3.63, 3.8) is 0 Å². The van der Waals surface area contributed by atoms with Crippen molar-refractivity contribution in [3.05, 3.63) is 29.3 Å². The fraction of sp³-hybridized carbons (Fsp3) is 0.611. The van der Waals surface area contributed by atoms with Gasteiger partial charge in [0.05, 0.1) is 6.10 Å². The monoisotopic (exact) mass is 465 g/mol. The van der Waals surface area contributed by atoms with Crippen LogP contribution >= 0.6 is 35.7 Å². The van der Waals surface area contributed by atoms with Crippen molar-refractivity contribution in [1.29, 1.82) is 0 Å². The van der Waals surface area contributed by atoms with E-state index in [0.717, 1.165) is 23.8 Å². The number of aliphatic imine (C=N–C) groups is 1. The first-order chi connectivity index (χ1) is 10.8. The Labute approximate surface area is 168 Å². The lowest BCUT2D eigenvalue weighted by Gasteiger charge is -2.24. The Morgan fingerprint density at radius 3 is 2.50 bits per heavy atom. The lowest BCUT2D eigenvalue weighted by molar-refractivity contribution is 0.239. The molecular formula is C18H32IN3OS. The largest absolute Gasteiger partial charge is 0.491 e. The van der Waals surface area contributed by atoms with Crippen LogP contribution in [0.3, 0.4) is 0 Å². The van der Waals surface area contributed by atoms with Crippen LogP contribution in [-0.4, -0.2) is 36.7 Å². The standard InChI is InChI=1S/C18H31N3OS.HI/c1-13(2)22-16-10-14(3)8-9-15(16)11-20-17(19-6)21-12-18(4,5)23-7;/h8-10,13H,11-12H2,1-7H3,(H2,19,20,21);1H. The quantitative estimate of drug-likeness (QED) is 0.360. The van der Waals surface area contributed by atoms with E-state index in [1.54, 1.807) is 7.05 Å². The molecule has 0 spiro atoms. The average molecular weight is 465 g/mol. The molecule has 4 nitrogen and oxygen atoms in total. The molecule has 0 aliphatic heterocycles. The van der Waals surface area contributed by atoms with Crippen molar-refractivity contribution in [2.24, 2.45) is 4.99 Å². The van der Waals surface area contributed by atoms with Gasteiger partial charge in [0.25, 0.3) is 0 Å². The van der Waals surface area contributed by atoms with Crippen LogP contribution in [0.5, 0.6) is 5.75 Å². The van der Waals surface area contributed by atoms with Gasteiger partial charge in [-0.05, 0) is 52.5 Å². The van der Waals surface area contributed by atoms with Crippen LogP contribution < -0.4 is 15.4 Å². The maximum Gasteiger partial charge on any atom is 0.191 e. The van der Waals surface area contributed by atoms with Gasteiger partial charge in [0, 0.05) is 30.4 Å². The smallest absolute Gasteiger partial charge is 0.191 e. The Morgan fingerprint density at radius 2 is 1.96 bits per heavy atom. The second kappa shape index (κ2) is 11.1. The first-order valence-corrected chi connectivity index (χ1v) is 9.25. The number of halogens is 1. The molecule has 0 atom stereocenters. The summed E-state index contributed by atoms with van der Waals surface area (Å²) < 4.78 is 6.09. The highest BCUT2D eigenvalue weighted by Crippen LogP contribution is 2.22. The zero-order valence-corrected chi connectivity index (χ0v) is 19.0. The molecule has 0 saturated carbocycles. The van der Waals surface area contributed by atoms with Crippen LogP contribution in [0.15, 0.2) is 23.2 Å². The first kappa shape index (κ1) is 23.4. The summed E-state index contributed by atoms with van der Waals surface area (Å²) in [6, 6.07) is 6.31. The van der Waals surface area contributed by atoms with Crippen LogP contribution in [0.4, 0.5) is 0 Å². The summed E-state index contributed by atoms with van der Waals surface area (Å²) in [6.45, 7) is 12.1. The highest BCUT2D eigenvalue weighted by Gasteiger charge is 2.16. The van der Waals surface area contributed by atoms with Gasteiger partial charge in [-0.15, -0.1) is 24.0 Å². The van der Waals surface area contributed by atoms with Crippen LogP contribution in [-0.2, 0) is 6.54 Å². The second-order valence-corrected chi connectivity index (χ2v) is 8.03. The van der Waals surface area contributed by atoms with Crippen molar-refractivity contribution in [2.75, 3.05) is 19.8 Å². The molecule has 0 saturated heterocycles. The van der Waals surface area contributed by atoms with Gasteiger partial charge in [-0.3, -0.25) is 4.99 Å². The molecule has 138 valence electrons. The van der Waals surface area contributed by atoms with Gasteiger partial charge in [-0.2, -0.15) is 11.8 Å². The summed E-state index contributed by atoms with van der Waals surface area (Å²) in [5.41, 5.74) is 2.34. The molecule has 0 bridgehead atoms. The number of ether oxygens (including phenoxy) is 1. The predicted molar refractivity (Wildman–Crippen MR) is 118 cm³/mol. The highest BCUT2D eigenvalue weighted by atomic mass is 127. The van der Waals surface area contributed by atoms with Crippen molar-refractivity contribution in [1.82, 2.24) is 10.6 Å². The Kier molecular flexibility index (Phi) is 10.8. The molecule has 24 heavy (non-hydrogen) atoms. The molecule has 6 heteroatoms. The fourth-order valence-electron chi connectivity index (χ4n) is 1.94. The molecule has 0 aromatic heterocycles. The minimum absolute atomic E-state index is 0. The molecule has 0 aliphatic carbocycles. The van der Waals surface area contributed by atoms with Gasteiger partial charge in [-0.1, -0.05) is 12.1 Å². The van der Waals surface area contributed by atoms with E-state index < -0.39 is 0 Å². The molecule has 0 fully saturated rings. The normalized spacial score (nSPS) is 11.9. The van der Waals surface area contributed by atoms with E-state index in [0.29, 0.717) is 6.54 Å². The predicted octanol–water partition coefficient (Wildman–Crippen LogP) is 4.21. The Bertz CT molecular complexity index is 533. The van der Waals surface area contributed by atoms with Crippen molar-refractivity contribution in [3.8, 4) is 5.75 Å². The van der Waals surface area contributed by atoms with Gasteiger partial charge < -0.3 is 15.4 Å². The Hall–Kier alpha value is -0.630. The molecular weight excluding hydrogens is 433 g/mol. The molecule has 0 radical (unpaired) electrons. The third-order valence-corrected chi connectivity index (χ3v) is 4.74. The maximum atomic E-state index is 5.92. The SMILES string of the molecule is CN=C(NCc1ccc(C)cc1OC(C)C)NCC(C)(C)SC.I. The number of benzene rings is 1. The van der Waals surface area contributed by atoms with Crippen LogP contribution in [0.1, 0.15) is 38.8 Å². The zero-order valence-electron chi connectivity index (χ0n) is 15.9. The highest BCUT2D eigenvalue weighted by molar-refractivity contribution is 14.0. The molecule has 1 rings (SSSR count). The number of hydrogen-bond donors (Lipinski definition) is 2. The van der Waals surface area contributed by atoms with E-state index in [2.05, 4.69) is 60.9 Å². The number of thioether (sulfide) groups is 1. The van der Waals surface area contributed by atoms with E-state index in [4.69, 9.17) is 4.74 Å². The number of nitrogens with one attached hydrogen (secondary N) is 2. The average Bonchev–Trinajstić information content (AvgIpc) is 2.48. The molecule has 0 amide bonds. The number of aryl methyl sites for hydroxylation is 1. The lowest BCUT2D eigenvalue weighted by Crippen LogP contribution is -2.43. The summed E-state index contributed by atoms with van der Waals surface area (Å²) in [5.74, 6) is 1.75. The number of hydrogen-bond acceptors (Lipinski definition) is 3. The number of rotatable bonds is 7. The van der Waals surface area contributed by atoms with Gasteiger partial charge in [0.2, 0.25) is 0 Å². The minimum atomic E-state index is 0. The summed E-state index contributed by atoms with van der Waals surface area (Å²) in [4.78, 5) is 4.29. The Morgan fingerprint density at radius 1 is 1.29 bits per heavy atom.